The molecule has 0 aliphatic heterocycles. The highest BCUT2D eigenvalue weighted by Gasteiger charge is 2.16. The van der Waals surface area contributed by atoms with Gasteiger partial charge in [0.15, 0.2) is 5.76 Å². The van der Waals surface area contributed by atoms with E-state index >= 15 is 0 Å². The first kappa shape index (κ1) is 17.3. The van der Waals surface area contributed by atoms with Gasteiger partial charge in [0.25, 0.3) is 5.91 Å². The van der Waals surface area contributed by atoms with Crippen LogP contribution in [0.3, 0.4) is 0 Å². The molecule has 2 N–H and O–H groups in total. The summed E-state index contributed by atoms with van der Waals surface area (Å²) < 4.78 is 5.06. The van der Waals surface area contributed by atoms with Crippen molar-refractivity contribution in [3.63, 3.8) is 0 Å². The Bertz CT molecular complexity index is 686. The molecule has 1 aromatic carbocycles. The maximum Gasteiger partial charge on any atom is 0.291 e. The second-order valence-electron chi connectivity index (χ2n) is 6.61. The number of benzene rings is 1. The van der Waals surface area contributed by atoms with Crippen LogP contribution in [0.15, 0.2) is 47.1 Å². The Labute approximate surface area is 147 Å². The summed E-state index contributed by atoms with van der Waals surface area (Å²) in [5.74, 6) is 0.674. The second kappa shape index (κ2) is 8.51. The molecule has 0 unspecified atom stereocenters. The number of rotatable bonds is 6. The third-order valence-electron chi connectivity index (χ3n) is 4.65. The average molecular weight is 340 g/mol. The molecule has 1 heterocycles. The number of nitrogens with one attached hydrogen (secondary N) is 2. The number of carbonyl (C=O) groups excluding carboxylic acids is 2. The van der Waals surface area contributed by atoms with E-state index in [1.54, 1.807) is 12.1 Å². The van der Waals surface area contributed by atoms with E-state index in [9.17, 15) is 9.59 Å². The van der Waals surface area contributed by atoms with E-state index in [1.807, 2.05) is 24.3 Å². The Balaban J connectivity index is 1.44. The summed E-state index contributed by atoms with van der Waals surface area (Å²) >= 11 is 0. The Morgan fingerprint density at radius 2 is 1.80 bits per heavy atom. The van der Waals surface area contributed by atoms with Crippen LogP contribution in [0, 0.1) is 5.92 Å². The van der Waals surface area contributed by atoms with Gasteiger partial charge in [0.05, 0.1) is 6.26 Å². The Hall–Kier alpha value is -2.56. The molecule has 2 aromatic rings. The van der Waals surface area contributed by atoms with E-state index in [2.05, 4.69) is 10.6 Å². The minimum atomic E-state index is -0.279. The van der Waals surface area contributed by atoms with E-state index in [-0.39, 0.29) is 17.6 Å². The fourth-order valence-corrected chi connectivity index (χ4v) is 3.23. The van der Waals surface area contributed by atoms with Crippen LogP contribution in [-0.4, -0.2) is 11.8 Å². The zero-order valence-electron chi connectivity index (χ0n) is 14.3. The van der Waals surface area contributed by atoms with Crippen molar-refractivity contribution < 1.29 is 14.0 Å². The van der Waals surface area contributed by atoms with Crippen molar-refractivity contribution in [2.45, 2.75) is 45.1 Å². The zero-order chi connectivity index (χ0) is 17.5. The van der Waals surface area contributed by atoms with E-state index in [1.165, 1.54) is 38.4 Å². The summed E-state index contributed by atoms with van der Waals surface area (Å²) in [4.78, 5) is 24.0. The molecule has 1 fully saturated rings. The van der Waals surface area contributed by atoms with Crippen LogP contribution < -0.4 is 10.6 Å². The van der Waals surface area contributed by atoms with E-state index < -0.39 is 0 Å². The lowest BCUT2D eigenvalue weighted by Crippen LogP contribution is -2.25. The Morgan fingerprint density at radius 3 is 2.48 bits per heavy atom. The number of amides is 2. The van der Waals surface area contributed by atoms with Crippen LogP contribution in [-0.2, 0) is 11.3 Å². The van der Waals surface area contributed by atoms with Crippen LogP contribution in [0.25, 0.3) is 0 Å². The van der Waals surface area contributed by atoms with Crippen LogP contribution in [0.1, 0.15) is 54.6 Å². The highest BCUT2D eigenvalue weighted by molar-refractivity contribution is 6.02. The first-order chi connectivity index (χ1) is 12.2. The summed E-state index contributed by atoms with van der Waals surface area (Å²) in [7, 11) is 0. The van der Waals surface area contributed by atoms with Crippen molar-refractivity contribution in [3.8, 4) is 0 Å². The van der Waals surface area contributed by atoms with E-state index in [0.717, 1.165) is 5.56 Å². The lowest BCUT2D eigenvalue weighted by atomic mass is 9.87. The molecule has 0 spiro atoms. The summed E-state index contributed by atoms with van der Waals surface area (Å²) in [6.45, 7) is 0.512. The SMILES string of the molecule is O=C(CC1CCCCC1)NCc1ccc(NC(=O)c2ccco2)cc1. The Kier molecular flexibility index (Phi) is 5.88. The van der Waals surface area contributed by atoms with Gasteiger partial charge >= 0.3 is 0 Å². The quantitative estimate of drug-likeness (QED) is 0.831. The zero-order valence-corrected chi connectivity index (χ0v) is 14.3. The molecule has 0 radical (unpaired) electrons. The fourth-order valence-electron chi connectivity index (χ4n) is 3.23. The van der Waals surface area contributed by atoms with Gasteiger partial charge in [-0.3, -0.25) is 9.59 Å². The number of anilines is 1. The third kappa shape index (κ3) is 5.21. The first-order valence-corrected chi connectivity index (χ1v) is 8.91. The maximum absolute atomic E-state index is 12.0. The highest BCUT2D eigenvalue weighted by Crippen LogP contribution is 2.26. The molecular formula is C20H24N2O3. The monoisotopic (exact) mass is 340 g/mol. The smallest absolute Gasteiger partial charge is 0.291 e. The van der Waals surface area contributed by atoms with Gasteiger partial charge in [-0.1, -0.05) is 31.4 Å². The molecule has 1 aliphatic carbocycles. The van der Waals surface area contributed by atoms with Gasteiger partial charge in [-0.2, -0.15) is 0 Å². The van der Waals surface area contributed by atoms with Gasteiger partial charge in [-0.05, 0) is 48.6 Å². The van der Waals surface area contributed by atoms with Gasteiger partial charge in [-0.25, -0.2) is 0 Å². The predicted molar refractivity (Wildman–Crippen MR) is 96.1 cm³/mol. The Morgan fingerprint density at radius 1 is 1.04 bits per heavy atom. The normalized spacial score (nSPS) is 14.9. The van der Waals surface area contributed by atoms with Crippen LogP contribution in [0.2, 0.25) is 0 Å². The molecule has 132 valence electrons. The van der Waals surface area contributed by atoms with E-state index in [0.29, 0.717) is 24.6 Å². The maximum atomic E-state index is 12.0. The van der Waals surface area contributed by atoms with Crippen molar-refractivity contribution >= 4 is 17.5 Å². The van der Waals surface area contributed by atoms with Crippen LogP contribution in [0.4, 0.5) is 5.69 Å². The molecule has 0 saturated heterocycles. The molecule has 0 atom stereocenters. The predicted octanol–water partition coefficient (Wildman–Crippen LogP) is 4.12. The fraction of sp³-hybridized carbons (Fsp3) is 0.400. The third-order valence-corrected chi connectivity index (χ3v) is 4.65. The summed E-state index contributed by atoms with van der Waals surface area (Å²) in [6.07, 6.45) is 8.27. The van der Waals surface area contributed by atoms with Crippen molar-refractivity contribution in [1.29, 1.82) is 0 Å². The lowest BCUT2D eigenvalue weighted by molar-refractivity contribution is -0.122. The van der Waals surface area contributed by atoms with Crippen LogP contribution >= 0.6 is 0 Å². The molecule has 5 heteroatoms. The van der Waals surface area contributed by atoms with Crippen molar-refractivity contribution in [1.82, 2.24) is 5.32 Å². The number of furan rings is 1. The molecule has 1 aromatic heterocycles. The molecule has 0 bridgehead atoms. The summed E-state index contributed by atoms with van der Waals surface area (Å²) in [6, 6.07) is 10.7. The van der Waals surface area contributed by atoms with Gasteiger partial charge in [-0.15, -0.1) is 0 Å². The van der Waals surface area contributed by atoms with Crippen molar-refractivity contribution in [2.75, 3.05) is 5.32 Å². The first-order valence-electron chi connectivity index (χ1n) is 8.91. The molecule has 2 amide bonds. The molecule has 5 nitrogen and oxygen atoms in total. The minimum absolute atomic E-state index is 0.127. The molecule has 3 rings (SSSR count). The van der Waals surface area contributed by atoms with Crippen molar-refractivity contribution in [3.05, 3.63) is 54.0 Å². The summed E-state index contributed by atoms with van der Waals surface area (Å²) in [5, 5.41) is 5.76. The van der Waals surface area contributed by atoms with Crippen molar-refractivity contribution in [2.24, 2.45) is 5.92 Å². The van der Waals surface area contributed by atoms with E-state index in [4.69, 9.17) is 4.42 Å². The second-order valence-corrected chi connectivity index (χ2v) is 6.61. The van der Waals surface area contributed by atoms with Gasteiger partial charge in [0, 0.05) is 18.7 Å². The van der Waals surface area contributed by atoms with Crippen LogP contribution in [0.5, 0.6) is 0 Å². The standard InChI is InChI=1S/C20H24N2O3/c23-19(13-15-5-2-1-3-6-15)21-14-16-8-10-17(11-9-16)22-20(24)18-7-4-12-25-18/h4,7-12,15H,1-3,5-6,13-14H2,(H,21,23)(H,22,24). The average Bonchev–Trinajstić information content (AvgIpc) is 3.17. The number of hydrogen-bond donors (Lipinski definition) is 2. The highest BCUT2D eigenvalue weighted by atomic mass is 16.3. The van der Waals surface area contributed by atoms with Gasteiger partial charge < -0.3 is 15.1 Å². The minimum Gasteiger partial charge on any atom is -0.459 e. The molecule has 1 saturated carbocycles. The topological polar surface area (TPSA) is 71.3 Å². The molecule has 1 aliphatic rings. The number of hydrogen-bond acceptors (Lipinski definition) is 3. The molecular weight excluding hydrogens is 316 g/mol. The lowest BCUT2D eigenvalue weighted by Gasteiger charge is -2.20. The number of carbonyl (C=O) groups is 2. The summed E-state index contributed by atoms with van der Waals surface area (Å²) in [5.41, 5.74) is 1.70. The molecule has 25 heavy (non-hydrogen) atoms. The van der Waals surface area contributed by atoms with Gasteiger partial charge in [0.2, 0.25) is 5.91 Å². The van der Waals surface area contributed by atoms with Gasteiger partial charge in [0.1, 0.15) is 0 Å². The largest absolute Gasteiger partial charge is 0.459 e.